The number of hydrogen-bond acceptors (Lipinski definition) is 1. The van der Waals surface area contributed by atoms with Crippen LogP contribution in [0.3, 0.4) is 0 Å². The van der Waals surface area contributed by atoms with Crippen LogP contribution in [-0.4, -0.2) is 6.29 Å². The molecule has 0 aliphatic carbocycles. The lowest BCUT2D eigenvalue weighted by molar-refractivity contribution is 0.112. The van der Waals surface area contributed by atoms with Gasteiger partial charge in [0, 0.05) is 5.56 Å². The van der Waals surface area contributed by atoms with Crippen LogP contribution in [0, 0.1) is 20.8 Å². The highest BCUT2D eigenvalue weighted by Gasteiger charge is 2.07. The van der Waals surface area contributed by atoms with Crippen molar-refractivity contribution in [3.05, 3.63) is 40.5 Å². The van der Waals surface area contributed by atoms with E-state index in [1.54, 1.807) is 6.08 Å². The fraction of sp³-hybridized carbons (Fsp3) is 0.250. The summed E-state index contributed by atoms with van der Waals surface area (Å²) in [6.07, 6.45) is 2.65. The fourth-order valence-corrected chi connectivity index (χ4v) is 1.56. The first kappa shape index (κ1) is 9.72. The Bertz CT molecular complexity index is 362. The standard InChI is InChI=1S/C12H14O/c1-5-11-9(3)6-8(2)10(4)12(11)7-13/h5-7H,1H2,2-4H3. The highest BCUT2D eigenvalue weighted by molar-refractivity contribution is 5.85. The predicted molar refractivity (Wildman–Crippen MR) is 56.1 cm³/mol. The van der Waals surface area contributed by atoms with Gasteiger partial charge in [0.05, 0.1) is 0 Å². The second-order valence-corrected chi connectivity index (χ2v) is 3.28. The van der Waals surface area contributed by atoms with Gasteiger partial charge in [-0.2, -0.15) is 0 Å². The van der Waals surface area contributed by atoms with E-state index in [0.717, 1.165) is 34.1 Å². The van der Waals surface area contributed by atoms with E-state index in [4.69, 9.17) is 0 Å². The second kappa shape index (κ2) is 3.56. The molecule has 0 saturated carbocycles. The normalized spacial score (nSPS) is 9.77. The number of aldehydes is 1. The molecule has 1 aromatic carbocycles. The van der Waals surface area contributed by atoms with E-state index in [2.05, 4.69) is 12.6 Å². The molecule has 0 saturated heterocycles. The first-order valence-corrected chi connectivity index (χ1v) is 4.30. The molecule has 0 amide bonds. The van der Waals surface area contributed by atoms with Gasteiger partial charge in [0.1, 0.15) is 0 Å². The van der Waals surface area contributed by atoms with Crippen LogP contribution in [0.4, 0.5) is 0 Å². The maximum absolute atomic E-state index is 10.9. The Hall–Kier alpha value is -1.37. The molecule has 68 valence electrons. The highest BCUT2D eigenvalue weighted by Crippen LogP contribution is 2.21. The van der Waals surface area contributed by atoms with Crippen molar-refractivity contribution in [3.63, 3.8) is 0 Å². The van der Waals surface area contributed by atoms with Gasteiger partial charge >= 0.3 is 0 Å². The average molecular weight is 174 g/mol. The van der Waals surface area contributed by atoms with E-state index in [-0.39, 0.29) is 0 Å². The van der Waals surface area contributed by atoms with Crippen molar-refractivity contribution in [2.24, 2.45) is 0 Å². The summed E-state index contributed by atoms with van der Waals surface area (Å²) in [5.41, 5.74) is 5.05. The van der Waals surface area contributed by atoms with Crippen LogP contribution in [0.25, 0.3) is 6.08 Å². The molecule has 0 radical (unpaired) electrons. The molecule has 0 heterocycles. The Labute approximate surface area is 79.1 Å². The zero-order chi connectivity index (χ0) is 10.0. The van der Waals surface area contributed by atoms with Crippen molar-refractivity contribution in [2.75, 3.05) is 0 Å². The van der Waals surface area contributed by atoms with Crippen LogP contribution in [0.1, 0.15) is 32.6 Å². The SMILES string of the molecule is C=Cc1c(C)cc(C)c(C)c1C=O. The lowest BCUT2D eigenvalue weighted by Gasteiger charge is -2.10. The lowest BCUT2D eigenvalue weighted by atomic mass is 9.94. The summed E-state index contributed by atoms with van der Waals surface area (Å²) in [5, 5.41) is 0. The molecule has 0 spiro atoms. The van der Waals surface area contributed by atoms with E-state index in [0.29, 0.717) is 0 Å². The minimum atomic E-state index is 0.771. The van der Waals surface area contributed by atoms with E-state index < -0.39 is 0 Å². The molecule has 1 nitrogen and oxygen atoms in total. The number of carbonyl (C=O) groups is 1. The van der Waals surface area contributed by atoms with Crippen molar-refractivity contribution in [3.8, 4) is 0 Å². The molecule has 0 bridgehead atoms. The van der Waals surface area contributed by atoms with Gasteiger partial charge in [-0.3, -0.25) is 4.79 Å². The van der Waals surface area contributed by atoms with Crippen LogP contribution in [0.15, 0.2) is 12.6 Å². The molecule has 1 aromatic rings. The van der Waals surface area contributed by atoms with E-state index in [1.807, 2.05) is 20.8 Å². The van der Waals surface area contributed by atoms with Gasteiger partial charge in [-0.05, 0) is 43.0 Å². The van der Waals surface area contributed by atoms with Crippen molar-refractivity contribution in [2.45, 2.75) is 20.8 Å². The van der Waals surface area contributed by atoms with Gasteiger partial charge in [-0.15, -0.1) is 0 Å². The molecular weight excluding hydrogens is 160 g/mol. The Morgan fingerprint density at radius 1 is 1.15 bits per heavy atom. The van der Waals surface area contributed by atoms with Gasteiger partial charge in [-0.1, -0.05) is 18.7 Å². The van der Waals surface area contributed by atoms with Gasteiger partial charge in [-0.25, -0.2) is 0 Å². The van der Waals surface area contributed by atoms with Crippen LogP contribution in [0.5, 0.6) is 0 Å². The van der Waals surface area contributed by atoms with Crippen LogP contribution < -0.4 is 0 Å². The maximum Gasteiger partial charge on any atom is 0.150 e. The lowest BCUT2D eigenvalue weighted by Crippen LogP contribution is -1.97. The first-order chi connectivity index (χ1) is 6.11. The number of aryl methyl sites for hydroxylation is 2. The van der Waals surface area contributed by atoms with Gasteiger partial charge in [0.25, 0.3) is 0 Å². The summed E-state index contributed by atoms with van der Waals surface area (Å²) in [5.74, 6) is 0. The number of rotatable bonds is 2. The first-order valence-electron chi connectivity index (χ1n) is 4.30. The molecule has 0 unspecified atom stereocenters. The molecule has 13 heavy (non-hydrogen) atoms. The maximum atomic E-state index is 10.9. The van der Waals surface area contributed by atoms with Crippen molar-refractivity contribution in [1.29, 1.82) is 0 Å². The average Bonchev–Trinajstić information content (AvgIpc) is 2.10. The quantitative estimate of drug-likeness (QED) is 0.630. The summed E-state index contributed by atoms with van der Waals surface area (Å²) in [6.45, 7) is 9.69. The minimum absolute atomic E-state index is 0.771. The third kappa shape index (κ3) is 1.55. The number of carbonyl (C=O) groups excluding carboxylic acids is 1. The zero-order valence-corrected chi connectivity index (χ0v) is 8.35. The summed E-state index contributed by atoms with van der Waals surface area (Å²) < 4.78 is 0. The molecule has 1 rings (SSSR count). The summed E-state index contributed by atoms with van der Waals surface area (Å²) in [7, 11) is 0. The van der Waals surface area contributed by atoms with Crippen molar-refractivity contribution in [1.82, 2.24) is 0 Å². The van der Waals surface area contributed by atoms with Crippen molar-refractivity contribution >= 4 is 12.4 Å². The largest absolute Gasteiger partial charge is 0.298 e. The minimum Gasteiger partial charge on any atom is -0.298 e. The topological polar surface area (TPSA) is 17.1 Å². The Kier molecular flexibility index (Phi) is 2.66. The molecule has 0 aliphatic heterocycles. The van der Waals surface area contributed by atoms with E-state index in [1.165, 1.54) is 0 Å². The summed E-state index contributed by atoms with van der Waals surface area (Å²) >= 11 is 0. The Morgan fingerprint density at radius 3 is 2.23 bits per heavy atom. The molecule has 1 heteroatoms. The number of hydrogen-bond donors (Lipinski definition) is 0. The monoisotopic (exact) mass is 174 g/mol. The molecule has 0 aliphatic rings. The fourth-order valence-electron chi connectivity index (χ4n) is 1.56. The van der Waals surface area contributed by atoms with Gasteiger partial charge < -0.3 is 0 Å². The molecule has 0 N–H and O–H groups in total. The number of benzene rings is 1. The predicted octanol–water partition coefficient (Wildman–Crippen LogP) is 3.07. The smallest absolute Gasteiger partial charge is 0.150 e. The summed E-state index contributed by atoms with van der Waals surface area (Å²) in [6, 6.07) is 2.08. The van der Waals surface area contributed by atoms with Crippen molar-refractivity contribution < 1.29 is 4.79 Å². The van der Waals surface area contributed by atoms with Gasteiger partial charge in [0.2, 0.25) is 0 Å². The van der Waals surface area contributed by atoms with Crippen LogP contribution in [-0.2, 0) is 0 Å². The molecule has 0 fully saturated rings. The third-order valence-electron chi connectivity index (χ3n) is 2.47. The third-order valence-corrected chi connectivity index (χ3v) is 2.47. The van der Waals surface area contributed by atoms with Crippen LogP contribution >= 0.6 is 0 Å². The molecule has 0 atom stereocenters. The molecular formula is C12H14O. The van der Waals surface area contributed by atoms with E-state index >= 15 is 0 Å². The second-order valence-electron chi connectivity index (χ2n) is 3.28. The van der Waals surface area contributed by atoms with E-state index in [9.17, 15) is 4.79 Å². The Morgan fingerprint density at radius 2 is 1.77 bits per heavy atom. The molecule has 0 aromatic heterocycles. The zero-order valence-electron chi connectivity index (χ0n) is 8.35. The van der Waals surface area contributed by atoms with Crippen LogP contribution in [0.2, 0.25) is 0 Å². The summed E-state index contributed by atoms with van der Waals surface area (Å²) in [4.78, 5) is 10.9. The Balaban J connectivity index is 3.59. The van der Waals surface area contributed by atoms with Gasteiger partial charge in [0.15, 0.2) is 6.29 Å². The highest BCUT2D eigenvalue weighted by atomic mass is 16.1.